The van der Waals surface area contributed by atoms with E-state index in [4.69, 9.17) is 4.74 Å². The number of aromatic nitrogens is 6. The summed E-state index contributed by atoms with van der Waals surface area (Å²) in [4.78, 5) is 79.7. The first-order valence-corrected chi connectivity index (χ1v) is 18.4. The average molecular weight is 759 g/mol. The topological polar surface area (TPSA) is 203 Å². The maximum atomic E-state index is 15.6. The fraction of sp³-hybridized carbons (Fsp3) is 0.474. The number of rotatable bonds is 11. The third-order valence-electron chi connectivity index (χ3n) is 10.4. The Labute approximate surface area is 317 Å². The van der Waals surface area contributed by atoms with E-state index in [2.05, 4.69) is 35.2 Å². The molecule has 0 aliphatic carbocycles. The van der Waals surface area contributed by atoms with Crippen LogP contribution in [-0.2, 0) is 14.3 Å². The van der Waals surface area contributed by atoms with Crippen LogP contribution in [0.2, 0.25) is 0 Å². The summed E-state index contributed by atoms with van der Waals surface area (Å²) in [5.41, 5.74) is 2.50. The monoisotopic (exact) mass is 758 g/mol. The van der Waals surface area contributed by atoms with Gasteiger partial charge in [0.05, 0.1) is 43.0 Å². The predicted molar refractivity (Wildman–Crippen MR) is 199 cm³/mol. The van der Waals surface area contributed by atoms with E-state index in [1.807, 2.05) is 27.7 Å². The highest BCUT2D eigenvalue weighted by atomic mass is 19.1. The second kappa shape index (κ2) is 16.2. The van der Waals surface area contributed by atoms with Crippen molar-refractivity contribution in [2.45, 2.75) is 77.5 Å². The van der Waals surface area contributed by atoms with Gasteiger partial charge in [0.2, 0.25) is 11.8 Å². The van der Waals surface area contributed by atoms with Crippen LogP contribution in [0.25, 0.3) is 33.9 Å². The fourth-order valence-corrected chi connectivity index (χ4v) is 7.48. The summed E-state index contributed by atoms with van der Waals surface area (Å²) in [6, 6.07) is 2.42. The summed E-state index contributed by atoms with van der Waals surface area (Å²) >= 11 is 0. The highest BCUT2D eigenvalue weighted by Crippen LogP contribution is 2.35. The van der Waals surface area contributed by atoms with Crippen molar-refractivity contribution >= 4 is 24.0 Å². The van der Waals surface area contributed by atoms with Crippen molar-refractivity contribution in [1.29, 1.82) is 0 Å². The van der Waals surface area contributed by atoms with Crippen LogP contribution in [-0.4, -0.2) is 113 Å². The summed E-state index contributed by atoms with van der Waals surface area (Å²) in [6.07, 6.45) is 7.46. The summed E-state index contributed by atoms with van der Waals surface area (Å²) in [7, 11) is 2.66. The maximum Gasteiger partial charge on any atom is 0.407 e. The molecule has 2 aliphatic rings. The van der Waals surface area contributed by atoms with Crippen LogP contribution in [0.1, 0.15) is 77.1 Å². The molecule has 4 amide bonds. The van der Waals surface area contributed by atoms with Gasteiger partial charge in [0, 0.05) is 49.2 Å². The first kappa shape index (κ1) is 38.8. The van der Waals surface area contributed by atoms with Gasteiger partial charge in [-0.15, -0.1) is 0 Å². The Balaban J connectivity index is 1.14. The van der Waals surface area contributed by atoms with Crippen LogP contribution < -0.4 is 5.32 Å². The molecule has 2 aliphatic heterocycles. The second-order valence-corrected chi connectivity index (χ2v) is 14.7. The van der Waals surface area contributed by atoms with E-state index in [1.54, 1.807) is 40.5 Å². The number of halogens is 1. The number of imidazole rings is 2. The number of alkyl carbamates (subject to hydrolysis) is 1. The average Bonchev–Trinajstić information content (AvgIpc) is 4.00. The molecule has 5 heterocycles. The highest BCUT2D eigenvalue weighted by molar-refractivity contribution is 5.87. The molecule has 0 bridgehead atoms. The summed E-state index contributed by atoms with van der Waals surface area (Å²) < 4.78 is 20.4. The van der Waals surface area contributed by atoms with E-state index >= 15 is 4.39 Å². The molecule has 0 spiro atoms. The van der Waals surface area contributed by atoms with Crippen molar-refractivity contribution < 1.29 is 33.4 Å². The zero-order valence-corrected chi connectivity index (χ0v) is 31.7. The number of carbonyl (C=O) groups excluding carboxylic acids is 3. The lowest BCUT2D eigenvalue weighted by molar-refractivity contribution is -0.138. The number of hydrogen-bond donors (Lipinski definition) is 4. The molecule has 4 N–H and O–H groups in total. The van der Waals surface area contributed by atoms with Crippen LogP contribution >= 0.6 is 0 Å². The van der Waals surface area contributed by atoms with Crippen molar-refractivity contribution in [3.8, 4) is 33.9 Å². The molecule has 0 saturated carbocycles. The normalized spacial score (nSPS) is 18.1. The SMILES string of the molecule is COC(=O)N[C@H](C(=O)N1CCC[C@H]1c1ncc(-c2cnc(-c3ccc(-c4cnc([C@@H]5CCCN5C(=O)[C@H](C(C)C)N(C)C(=O)O)[nH]4)c(F)c3)nc2)[nH]1)C(C)C. The molecule has 3 aromatic heterocycles. The smallest absolute Gasteiger partial charge is 0.407 e. The maximum absolute atomic E-state index is 15.6. The number of methoxy groups -OCH3 is 1. The summed E-state index contributed by atoms with van der Waals surface area (Å²) in [6.45, 7) is 8.36. The van der Waals surface area contributed by atoms with Crippen molar-refractivity contribution in [1.82, 2.24) is 49.9 Å². The van der Waals surface area contributed by atoms with Gasteiger partial charge >= 0.3 is 12.2 Å². The number of hydrogen-bond acceptors (Lipinski definition) is 9. The molecule has 6 rings (SSSR count). The number of likely N-dealkylation sites (tertiary alicyclic amines) is 2. The molecular weight excluding hydrogens is 711 g/mol. The molecule has 2 saturated heterocycles. The lowest BCUT2D eigenvalue weighted by atomic mass is 10.0. The Hall–Kier alpha value is -5.87. The van der Waals surface area contributed by atoms with Gasteiger partial charge in [0.1, 0.15) is 29.5 Å². The largest absolute Gasteiger partial charge is 0.465 e. The Kier molecular flexibility index (Phi) is 11.5. The van der Waals surface area contributed by atoms with E-state index in [1.165, 1.54) is 26.4 Å². The summed E-state index contributed by atoms with van der Waals surface area (Å²) in [5, 5.41) is 12.2. The lowest BCUT2D eigenvalue weighted by Crippen LogP contribution is -2.51. The molecule has 4 aromatic rings. The number of amides is 4. The van der Waals surface area contributed by atoms with Crippen LogP contribution in [0, 0.1) is 17.7 Å². The number of benzene rings is 1. The van der Waals surface area contributed by atoms with Crippen molar-refractivity contribution in [2.24, 2.45) is 11.8 Å². The molecular formula is C38H47FN10O6. The van der Waals surface area contributed by atoms with Crippen molar-refractivity contribution in [2.75, 3.05) is 27.2 Å². The first-order chi connectivity index (χ1) is 26.3. The Morgan fingerprint density at radius 2 is 1.44 bits per heavy atom. The van der Waals surface area contributed by atoms with Crippen LogP contribution in [0.3, 0.4) is 0 Å². The van der Waals surface area contributed by atoms with Gasteiger partial charge < -0.3 is 34.9 Å². The Morgan fingerprint density at radius 3 is 1.98 bits per heavy atom. The molecule has 0 radical (unpaired) electrons. The molecule has 4 atom stereocenters. The van der Waals surface area contributed by atoms with E-state index in [-0.39, 0.29) is 35.3 Å². The molecule has 1 aromatic carbocycles. The van der Waals surface area contributed by atoms with Crippen molar-refractivity contribution in [3.63, 3.8) is 0 Å². The fourth-order valence-electron chi connectivity index (χ4n) is 7.48. The quantitative estimate of drug-likeness (QED) is 0.153. The molecule has 292 valence electrons. The predicted octanol–water partition coefficient (Wildman–Crippen LogP) is 5.40. The van der Waals surface area contributed by atoms with Gasteiger partial charge in [-0.3, -0.25) is 14.5 Å². The van der Waals surface area contributed by atoms with Crippen LogP contribution in [0.15, 0.2) is 43.0 Å². The van der Waals surface area contributed by atoms with Gasteiger partial charge in [-0.05, 0) is 49.7 Å². The minimum absolute atomic E-state index is 0.148. The second-order valence-electron chi connectivity index (χ2n) is 14.7. The van der Waals surface area contributed by atoms with Gasteiger partial charge in [0.15, 0.2) is 5.82 Å². The van der Waals surface area contributed by atoms with Crippen LogP contribution in [0.4, 0.5) is 14.0 Å². The number of carbonyl (C=O) groups is 4. The zero-order valence-electron chi connectivity index (χ0n) is 31.7. The standard InChI is InChI=1S/C38H47FN10O6/c1-20(2)30(46-37(52)55-6)35(50)48-13-7-9-28(48)33-42-18-26(44-33)23-16-40-32(41-17-23)22-11-12-24(25(39)15-22)27-19-43-34(45-27)29-10-8-14-49(29)36(51)31(21(3)4)47(5)38(53)54/h11-12,15-21,28-31H,7-10,13-14H2,1-6H3,(H,42,44)(H,43,45)(H,46,52)(H,53,54)/t28-,29-,30-,31-/m0/s1. The van der Waals surface area contributed by atoms with Crippen LogP contribution in [0.5, 0.6) is 0 Å². The summed E-state index contributed by atoms with van der Waals surface area (Å²) in [5.74, 6) is 0.0562. The van der Waals surface area contributed by atoms with E-state index in [0.717, 1.165) is 17.7 Å². The third-order valence-corrected chi connectivity index (χ3v) is 10.4. The first-order valence-electron chi connectivity index (χ1n) is 18.4. The van der Waals surface area contributed by atoms with E-state index in [0.29, 0.717) is 65.9 Å². The minimum atomic E-state index is -1.18. The number of nitrogens with one attached hydrogen (secondary N) is 3. The van der Waals surface area contributed by atoms with Crippen molar-refractivity contribution in [3.05, 3.63) is 60.5 Å². The molecule has 2 fully saturated rings. The zero-order chi connectivity index (χ0) is 39.6. The number of aromatic amines is 2. The van der Waals surface area contributed by atoms with Gasteiger partial charge in [0.25, 0.3) is 0 Å². The Morgan fingerprint density at radius 1 is 0.855 bits per heavy atom. The highest BCUT2D eigenvalue weighted by Gasteiger charge is 2.40. The number of likely N-dealkylation sites (N-methyl/N-ethyl adjacent to an activating group) is 1. The van der Waals surface area contributed by atoms with Gasteiger partial charge in [-0.1, -0.05) is 33.8 Å². The van der Waals surface area contributed by atoms with Gasteiger partial charge in [-0.25, -0.2) is 33.9 Å². The third kappa shape index (κ3) is 8.00. The molecule has 16 nitrogen and oxygen atoms in total. The van der Waals surface area contributed by atoms with Gasteiger partial charge in [-0.2, -0.15) is 0 Å². The molecule has 0 unspecified atom stereocenters. The lowest BCUT2D eigenvalue weighted by Gasteiger charge is -2.33. The number of carboxylic acid groups (broad SMARTS) is 1. The minimum Gasteiger partial charge on any atom is -0.465 e. The van der Waals surface area contributed by atoms with E-state index < -0.39 is 36.1 Å². The number of nitrogens with zero attached hydrogens (tertiary/aromatic N) is 7. The number of H-pyrrole nitrogens is 2. The Bertz CT molecular complexity index is 2030. The molecule has 17 heteroatoms. The molecule has 55 heavy (non-hydrogen) atoms. The van der Waals surface area contributed by atoms with E-state index in [9.17, 15) is 24.3 Å². The number of ether oxygens (including phenoxy) is 1.